The highest BCUT2D eigenvalue weighted by Gasteiger charge is 1.97. The summed E-state index contributed by atoms with van der Waals surface area (Å²) in [6, 6.07) is 0. The monoisotopic (exact) mass is 242 g/mol. The average Bonchev–Trinajstić information content (AvgIpc) is 2.01. The number of rotatable bonds is 8. The number of hydrogen-bond acceptors (Lipinski definition) is 3. The molecule has 0 radical (unpaired) electrons. The second kappa shape index (κ2) is 8.85. The summed E-state index contributed by atoms with van der Waals surface area (Å²) in [7, 11) is 0. The lowest BCUT2D eigenvalue weighted by molar-refractivity contribution is -0.112. The Morgan fingerprint density at radius 3 is 1.62 bits per heavy atom. The zero-order chi connectivity index (χ0) is 10.1. The van der Waals surface area contributed by atoms with Crippen LogP contribution in [0.3, 0.4) is 0 Å². The maximum atomic E-state index is 10.3. The Morgan fingerprint density at radius 1 is 0.923 bits per heavy atom. The van der Waals surface area contributed by atoms with Gasteiger partial charge in [-0.25, -0.2) is 0 Å². The Balaban J connectivity index is 3.00. The highest BCUT2D eigenvalue weighted by atomic mass is 35.5. The molecule has 13 heavy (non-hydrogen) atoms. The van der Waals surface area contributed by atoms with Gasteiger partial charge in [-0.15, -0.1) is 0 Å². The van der Waals surface area contributed by atoms with Crippen LogP contribution in [0.5, 0.6) is 0 Å². The first-order chi connectivity index (χ1) is 6.13. The van der Waals surface area contributed by atoms with Crippen molar-refractivity contribution in [3.05, 3.63) is 0 Å². The molecule has 0 saturated carbocycles. The highest BCUT2D eigenvalue weighted by Crippen LogP contribution is 2.09. The van der Waals surface area contributed by atoms with Crippen molar-refractivity contribution in [1.29, 1.82) is 0 Å². The minimum absolute atomic E-state index is 0.281. The zero-order valence-electron chi connectivity index (χ0n) is 7.22. The molecule has 0 rings (SSSR count). The van der Waals surface area contributed by atoms with Crippen LogP contribution >= 0.6 is 35.0 Å². The Kier molecular flexibility index (Phi) is 9.03. The van der Waals surface area contributed by atoms with Gasteiger partial charge in [0.1, 0.15) is 0 Å². The van der Waals surface area contributed by atoms with Crippen LogP contribution in [-0.2, 0) is 9.59 Å². The molecule has 0 spiro atoms. The molecule has 0 unspecified atom stereocenters. The average molecular weight is 243 g/mol. The Morgan fingerprint density at radius 2 is 1.31 bits per heavy atom. The van der Waals surface area contributed by atoms with Crippen molar-refractivity contribution < 1.29 is 9.59 Å². The van der Waals surface area contributed by atoms with Gasteiger partial charge >= 0.3 is 0 Å². The van der Waals surface area contributed by atoms with Crippen LogP contribution < -0.4 is 0 Å². The summed E-state index contributed by atoms with van der Waals surface area (Å²) in [5, 5.41) is -0.562. The van der Waals surface area contributed by atoms with E-state index >= 15 is 0 Å². The molecular formula is C8H12Cl2O2S. The van der Waals surface area contributed by atoms with Gasteiger partial charge < -0.3 is 0 Å². The van der Waals surface area contributed by atoms with Gasteiger partial charge in [-0.2, -0.15) is 11.8 Å². The summed E-state index contributed by atoms with van der Waals surface area (Å²) in [5.74, 6) is 1.82. The molecule has 0 fully saturated rings. The highest BCUT2D eigenvalue weighted by molar-refractivity contribution is 7.99. The largest absolute Gasteiger partial charge is 0.281 e. The third kappa shape index (κ3) is 12.3. The standard InChI is InChI=1S/C8H12Cl2O2S/c9-7(11)3-1-5-13-6-2-4-8(10)12/h1-6H2. The molecule has 0 amide bonds. The van der Waals surface area contributed by atoms with Gasteiger partial charge in [0.25, 0.3) is 0 Å². The number of carbonyl (C=O) groups is 2. The molecule has 0 aromatic heterocycles. The second-order valence-electron chi connectivity index (χ2n) is 2.53. The molecule has 0 saturated heterocycles. The molecule has 2 nitrogen and oxygen atoms in total. The normalized spacial score (nSPS) is 10.0. The number of hydrogen-bond donors (Lipinski definition) is 0. The molecule has 0 N–H and O–H groups in total. The van der Waals surface area contributed by atoms with Crippen LogP contribution in [0.4, 0.5) is 0 Å². The molecule has 0 aliphatic carbocycles. The van der Waals surface area contributed by atoms with Crippen molar-refractivity contribution in [2.75, 3.05) is 11.5 Å². The predicted octanol–water partition coefficient (Wildman–Crippen LogP) is 2.81. The van der Waals surface area contributed by atoms with Gasteiger partial charge in [-0.05, 0) is 47.5 Å². The van der Waals surface area contributed by atoms with E-state index in [4.69, 9.17) is 23.2 Å². The zero-order valence-corrected chi connectivity index (χ0v) is 9.55. The van der Waals surface area contributed by atoms with Gasteiger partial charge in [0.05, 0.1) is 0 Å². The summed E-state index contributed by atoms with van der Waals surface area (Å²) in [5.41, 5.74) is 0. The molecule has 0 aliphatic heterocycles. The Bertz CT molecular complexity index is 156. The molecule has 0 aromatic rings. The van der Waals surface area contributed by atoms with E-state index in [-0.39, 0.29) is 10.5 Å². The lowest BCUT2D eigenvalue weighted by Crippen LogP contribution is -1.91. The first-order valence-electron chi connectivity index (χ1n) is 4.07. The minimum atomic E-state index is -0.281. The van der Waals surface area contributed by atoms with Gasteiger partial charge in [0, 0.05) is 12.8 Å². The fourth-order valence-electron chi connectivity index (χ4n) is 0.728. The van der Waals surface area contributed by atoms with E-state index in [1.807, 2.05) is 0 Å². The molecule has 5 heteroatoms. The van der Waals surface area contributed by atoms with Crippen LogP contribution in [0.2, 0.25) is 0 Å². The lowest BCUT2D eigenvalue weighted by Gasteiger charge is -1.97. The molecular weight excluding hydrogens is 231 g/mol. The van der Waals surface area contributed by atoms with Gasteiger partial charge in [0.15, 0.2) is 0 Å². The number of thioether (sulfide) groups is 1. The summed E-state index contributed by atoms with van der Waals surface area (Å²) in [6.45, 7) is 0. The van der Waals surface area contributed by atoms with E-state index in [0.29, 0.717) is 12.8 Å². The maximum absolute atomic E-state index is 10.3. The molecule has 76 valence electrons. The SMILES string of the molecule is O=C(Cl)CCCSCCCC(=O)Cl. The molecule has 0 atom stereocenters. The van der Waals surface area contributed by atoms with Crippen molar-refractivity contribution in [3.8, 4) is 0 Å². The minimum Gasteiger partial charge on any atom is -0.281 e. The van der Waals surface area contributed by atoms with E-state index in [1.165, 1.54) is 0 Å². The number of halogens is 2. The van der Waals surface area contributed by atoms with E-state index < -0.39 is 0 Å². The summed E-state index contributed by atoms with van der Waals surface area (Å²) in [6.07, 6.45) is 2.48. The van der Waals surface area contributed by atoms with E-state index in [2.05, 4.69) is 0 Å². The lowest BCUT2D eigenvalue weighted by atomic mass is 10.4. The van der Waals surface area contributed by atoms with Crippen LogP contribution in [0.15, 0.2) is 0 Å². The van der Waals surface area contributed by atoms with Crippen LogP contribution in [-0.4, -0.2) is 22.0 Å². The summed E-state index contributed by atoms with van der Waals surface area (Å²) < 4.78 is 0. The third-order valence-corrected chi connectivity index (χ3v) is 2.86. The molecule has 0 heterocycles. The summed E-state index contributed by atoms with van der Waals surface area (Å²) in [4.78, 5) is 20.6. The quantitative estimate of drug-likeness (QED) is 0.485. The van der Waals surface area contributed by atoms with Gasteiger partial charge in [0.2, 0.25) is 10.5 Å². The van der Waals surface area contributed by atoms with E-state index in [0.717, 1.165) is 24.3 Å². The van der Waals surface area contributed by atoms with Crippen molar-refractivity contribution in [1.82, 2.24) is 0 Å². The smallest absolute Gasteiger partial charge is 0.221 e. The molecule has 0 aliphatic rings. The topological polar surface area (TPSA) is 34.1 Å². The number of carbonyl (C=O) groups excluding carboxylic acids is 2. The van der Waals surface area contributed by atoms with Crippen molar-refractivity contribution in [2.45, 2.75) is 25.7 Å². The van der Waals surface area contributed by atoms with Gasteiger partial charge in [-0.3, -0.25) is 9.59 Å². The van der Waals surface area contributed by atoms with Crippen molar-refractivity contribution in [3.63, 3.8) is 0 Å². The van der Waals surface area contributed by atoms with Crippen LogP contribution in [0, 0.1) is 0 Å². The third-order valence-electron chi connectivity index (χ3n) is 1.32. The van der Waals surface area contributed by atoms with E-state index in [9.17, 15) is 9.59 Å². The van der Waals surface area contributed by atoms with E-state index in [1.54, 1.807) is 11.8 Å². The first-order valence-corrected chi connectivity index (χ1v) is 5.98. The fraction of sp³-hybridized carbons (Fsp3) is 0.750. The Labute approximate surface area is 92.3 Å². The molecule has 0 aromatic carbocycles. The van der Waals surface area contributed by atoms with Gasteiger partial charge in [-0.1, -0.05) is 0 Å². The second-order valence-corrected chi connectivity index (χ2v) is 4.60. The predicted molar refractivity (Wildman–Crippen MR) is 57.5 cm³/mol. The van der Waals surface area contributed by atoms with Crippen LogP contribution in [0.1, 0.15) is 25.7 Å². The van der Waals surface area contributed by atoms with Crippen molar-refractivity contribution >= 4 is 45.4 Å². The van der Waals surface area contributed by atoms with Crippen molar-refractivity contribution in [2.24, 2.45) is 0 Å². The first kappa shape index (κ1) is 13.3. The van der Waals surface area contributed by atoms with Crippen LogP contribution in [0.25, 0.3) is 0 Å². The summed E-state index contributed by atoms with van der Waals surface area (Å²) >= 11 is 12.0. The molecule has 0 bridgehead atoms. The fourth-order valence-corrected chi connectivity index (χ4v) is 1.90. The Hall–Kier alpha value is 0.270. The maximum Gasteiger partial charge on any atom is 0.221 e.